The summed E-state index contributed by atoms with van der Waals surface area (Å²) < 4.78 is 26.0. The van der Waals surface area contributed by atoms with Crippen LogP contribution in [0.3, 0.4) is 0 Å². The van der Waals surface area contributed by atoms with Crippen LogP contribution < -0.4 is 0 Å². The molecule has 3 atom stereocenters. The molecule has 2 heterocycles. The Labute approximate surface area is 89.8 Å². The highest BCUT2D eigenvalue weighted by Crippen LogP contribution is 2.43. The quantitative estimate of drug-likeness (QED) is 0.669. The molecule has 1 fully saturated rings. The lowest BCUT2D eigenvalue weighted by atomic mass is 9.97. The van der Waals surface area contributed by atoms with Crippen LogP contribution in [0.5, 0.6) is 0 Å². The van der Waals surface area contributed by atoms with Crippen molar-refractivity contribution in [3.05, 3.63) is 29.8 Å². The normalized spacial score (nSPS) is 36.2. The van der Waals surface area contributed by atoms with Gasteiger partial charge in [0, 0.05) is 18.5 Å². The molecule has 2 bridgehead atoms. The van der Waals surface area contributed by atoms with E-state index in [0.717, 1.165) is 12.0 Å². The minimum atomic E-state index is -3.21. The van der Waals surface area contributed by atoms with Gasteiger partial charge in [-0.2, -0.15) is 4.31 Å². The molecule has 3 nitrogen and oxygen atoms in total. The topological polar surface area (TPSA) is 37.4 Å². The van der Waals surface area contributed by atoms with E-state index in [1.807, 2.05) is 19.1 Å². The molecule has 0 radical (unpaired) electrons. The van der Waals surface area contributed by atoms with Crippen LogP contribution in [0.2, 0.25) is 0 Å². The summed E-state index contributed by atoms with van der Waals surface area (Å²) in [5.74, 6) is 0.403. The van der Waals surface area contributed by atoms with Crippen LogP contribution in [-0.2, 0) is 10.0 Å². The molecule has 1 unspecified atom stereocenters. The number of sulfonamides is 1. The maximum absolute atomic E-state index is 12.2. The molecular formula is C11H13NO2S. The van der Waals surface area contributed by atoms with Gasteiger partial charge in [-0.1, -0.05) is 18.2 Å². The Bertz CT molecular complexity index is 509. The predicted octanol–water partition coefficient (Wildman–Crippen LogP) is 1.57. The zero-order chi connectivity index (χ0) is 10.6. The molecule has 4 heteroatoms. The van der Waals surface area contributed by atoms with Crippen LogP contribution >= 0.6 is 0 Å². The van der Waals surface area contributed by atoms with E-state index in [1.54, 1.807) is 16.4 Å². The molecule has 1 aromatic carbocycles. The van der Waals surface area contributed by atoms with Gasteiger partial charge in [-0.3, -0.25) is 0 Å². The zero-order valence-electron chi connectivity index (χ0n) is 8.55. The van der Waals surface area contributed by atoms with Gasteiger partial charge in [0.05, 0.1) is 4.90 Å². The van der Waals surface area contributed by atoms with Crippen LogP contribution in [0.15, 0.2) is 29.2 Å². The molecule has 15 heavy (non-hydrogen) atoms. The zero-order valence-corrected chi connectivity index (χ0v) is 9.37. The second-order valence-corrected chi connectivity index (χ2v) is 6.25. The molecule has 2 aliphatic heterocycles. The van der Waals surface area contributed by atoms with Gasteiger partial charge < -0.3 is 0 Å². The molecule has 0 amide bonds. The van der Waals surface area contributed by atoms with E-state index >= 15 is 0 Å². The minimum Gasteiger partial charge on any atom is -0.207 e. The van der Waals surface area contributed by atoms with Gasteiger partial charge in [0.2, 0.25) is 10.0 Å². The molecule has 1 aromatic rings. The van der Waals surface area contributed by atoms with Crippen LogP contribution in [-0.4, -0.2) is 25.3 Å². The second-order valence-electron chi connectivity index (χ2n) is 4.39. The van der Waals surface area contributed by atoms with Crippen molar-refractivity contribution in [2.24, 2.45) is 0 Å². The van der Waals surface area contributed by atoms with Crippen molar-refractivity contribution in [1.29, 1.82) is 0 Å². The van der Waals surface area contributed by atoms with Crippen LogP contribution in [0, 0.1) is 0 Å². The van der Waals surface area contributed by atoms with E-state index in [2.05, 4.69) is 0 Å². The molecule has 0 saturated carbocycles. The highest BCUT2D eigenvalue weighted by molar-refractivity contribution is 7.89. The Balaban J connectivity index is 2.30. The van der Waals surface area contributed by atoms with Crippen molar-refractivity contribution in [3.63, 3.8) is 0 Å². The van der Waals surface area contributed by atoms with Crippen LogP contribution in [0.25, 0.3) is 0 Å². The van der Waals surface area contributed by atoms with E-state index in [0.29, 0.717) is 17.4 Å². The minimum absolute atomic E-state index is 0.146. The number of fused-ring (bicyclic) bond motifs is 4. The van der Waals surface area contributed by atoms with Crippen molar-refractivity contribution in [3.8, 4) is 0 Å². The van der Waals surface area contributed by atoms with E-state index in [9.17, 15) is 8.42 Å². The van der Waals surface area contributed by atoms with Gasteiger partial charge in [0.15, 0.2) is 0 Å². The van der Waals surface area contributed by atoms with E-state index in [-0.39, 0.29) is 6.04 Å². The summed E-state index contributed by atoms with van der Waals surface area (Å²) >= 11 is 0. The maximum atomic E-state index is 12.2. The number of hydrogen-bond donors (Lipinski definition) is 0. The van der Waals surface area contributed by atoms with Gasteiger partial charge in [-0.25, -0.2) is 8.42 Å². The third kappa shape index (κ3) is 1.12. The van der Waals surface area contributed by atoms with Gasteiger partial charge >= 0.3 is 0 Å². The third-order valence-corrected chi connectivity index (χ3v) is 5.52. The average Bonchev–Trinajstić information content (AvgIpc) is 2.57. The van der Waals surface area contributed by atoms with E-state index < -0.39 is 10.0 Å². The van der Waals surface area contributed by atoms with E-state index in [4.69, 9.17) is 0 Å². The highest BCUT2D eigenvalue weighted by atomic mass is 32.2. The first-order valence-corrected chi connectivity index (χ1v) is 6.65. The fourth-order valence-corrected chi connectivity index (χ4v) is 4.71. The molecule has 3 rings (SSSR count). The fraction of sp³-hybridized carbons (Fsp3) is 0.455. The number of nitrogens with zero attached hydrogens (tertiary/aromatic N) is 1. The third-order valence-electron chi connectivity index (χ3n) is 3.46. The first-order chi connectivity index (χ1) is 7.10. The Morgan fingerprint density at radius 3 is 2.87 bits per heavy atom. The summed E-state index contributed by atoms with van der Waals surface area (Å²) in [6, 6.07) is 7.54. The van der Waals surface area contributed by atoms with Gasteiger partial charge in [0.1, 0.15) is 0 Å². The number of hydrogen-bond acceptors (Lipinski definition) is 2. The van der Waals surface area contributed by atoms with Crippen molar-refractivity contribution in [2.45, 2.75) is 30.2 Å². The molecule has 1 saturated heterocycles. The summed E-state index contributed by atoms with van der Waals surface area (Å²) in [5.41, 5.74) is 1.01. The first-order valence-electron chi connectivity index (χ1n) is 5.21. The molecule has 2 aliphatic rings. The predicted molar refractivity (Wildman–Crippen MR) is 57.2 cm³/mol. The summed E-state index contributed by atoms with van der Waals surface area (Å²) in [4.78, 5) is 0.519. The van der Waals surface area contributed by atoms with Crippen LogP contribution in [0.4, 0.5) is 0 Å². The summed E-state index contributed by atoms with van der Waals surface area (Å²) in [7, 11) is -3.21. The average molecular weight is 223 g/mol. The Morgan fingerprint density at radius 1 is 1.33 bits per heavy atom. The Hall–Kier alpha value is -0.870. The SMILES string of the molecule is C[C@H]1C[C@@H]2CN1S(=O)(=O)c1ccccc12. The number of rotatable bonds is 0. The van der Waals surface area contributed by atoms with E-state index in [1.165, 1.54) is 0 Å². The Kier molecular flexibility index (Phi) is 1.77. The number of benzene rings is 1. The molecule has 80 valence electrons. The standard InChI is InChI=1S/C11H13NO2S/c1-8-6-9-7-12(8)15(13,14)11-5-3-2-4-10(9)11/h2-5,8-9H,6-7H2,1H3/t8-,9+/m0/s1. The molecule has 0 spiro atoms. The van der Waals surface area contributed by atoms with Crippen LogP contribution in [0.1, 0.15) is 24.8 Å². The van der Waals surface area contributed by atoms with Crippen molar-refractivity contribution < 1.29 is 8.42 Å². The summed E-state index contributed by atoms with van der Waals surface area (Å²) in [6.07, 6.45) is 0.955. The summed E-state index contributed by atoms with van der Waals surface area (Å²) in [5, 5.41) is 0. The molecule has 0 N–H and O–H groups in total. The fourth-order valence-electron chi connectivity index (χ4n) is 2.74. The second kappa shape index (κ2) is 2.83. The van der Waals surface area contributed by atoms with Gasteiger partial charge in [0.25, 0.3) is 0 Å². The maximum Gasteiger partial charge on any atom is 0.243 e. The molecular weight excluding hydrogens is 210 g/mol. The largest absolute Gasteiger partial charge is 0.243 e. The lowest BCUT2D eigenvalue weighted by Crippen LogP contribution is -2.36. The first kappa shape index (κ1) is 9.36. The smallest absolute Gasteiger partial charge is 0.207 e. The summed E-state index contributed by atoms with van der Waals surface area (Å²) in [6.45, 7) is 2.66. The lowest BCUT2D eigenvalue weighted by Gasteiger charge is -2.26. The molecule has 0 aliphatic carbocycles. The van der Waals surface area contributed by atoms with Crippen molar-refractivity contribution in [1.82, 2.24) is 4.31 Å². The Morgan fingerprint density at radius 2 is 2.07 bits per heavy atom. The monoisotopic (exact) mass is 223 g/mol. The van der Waals surface area contributed by atoms with Crippen molar-refractivity contribution >= 4 is 10.0 Å². The van der Waals surface area contributed by atoms with Gasteiger partial charge in [-0.05, 0) is 25.0 Å². The molecule has 0 aromatic heterocycles. The lowest BCUT2D eigenvalue weighted by molar-refractivity contribution is 0.402. The van der Waals surface area contributed by atoms with Crippen molar-refractivity contribution in [2.75, 3.05) is 6.54 Å². The van der Waals surface area contributed by atoms with Gasteiger partial charge in [-0.15, -0.1) is 0 Å². The highest BCUT2D eigenvalue weighted by Gasteiger charge is 2.44.